The van der Waals surface area contributed by atoms with Gasteiger partial charge in [0.1, 0.15) is 0 Å². The molecule has 1 rings (SSSR count). The van der Waals surface area contributed by atoms with E-state index in [1.807, 2.05) is 0 Å². The number of unbranched alkanes of at least 4 members (excludes halogenated alkanes) is 13. The number of nitrogens with two attached hydrogens (primary N) is 1. The summed E-state index contributed by atoms with van der Waals surface area (Å²) >= 11 is 0. The Morgan fingerprint density at radius 1 is 0.720 bits per heavy atom. The zero-order chi connectivity index (χ0) is 18.2. The predicted octanol–water partition coefficient (Wildman–Crippen LogP) is 5.34. The second-order valence-electron chi connectivity index (χ2n) is 8.29. The zero-order valence-electron chi connectivity index (χ0n) is 17.3. The quantitative estimate of drug-likeness (QED) is 0.309. The van der Waals surface area contributed by atoms with Crippen molar-refractivity contribution >= 4 is 0 Å². The molecule has 1 aliphatic heterocycles. The van der Waals surface area contributed by atoms with E-state index in [2.05, 4.69) is 24.5 Å². The molecule has 1 saturated heterocycles. The van der Waals surface area contributed by atoms with Gasteiger partial charge in [-0.1, -0.05) is 96.8 Å². The first-order chi connectivity index (χ1) is 12.3. The van der Waals surface area contributed by atoms with E-state index in [0.29, 0.717) is 12.1 Å². The molecule has 0 bridgehead atoms. The van der Waals surface area contributed by atoms with Gasteiger partial charge in [0.25, 0.3) is 0 Å². The highest BCUT2D eigenvalue weighted by atomic mass is 15.2. The smallest absolute Gasteiger partial charge is 0.0616 e. The molecule has 0 spiro atoms. The lowest BCUT2D eigenvalue weighted by molar-refractivity contribution is 0.289. The molecule has 0 radical (unpaired) electrons. The molecule has 0 aromatic heterocycles. The van der Waals surface area contributed by atoms with Crippen LogP contribution in [0.15, 0.2) is 0 Å². The molecule has 4 N–H and O–H groups in total. The highest BCUT2D eigenvalue weighted by Gasteiger charge is 2.26. The fourth-order valence-corrected chi connectivity index (χ4v) is 4.14. The summed E-state index contributed by atoms with van der Waals surface area (Å²) in [6.07, 6.45) is 21.7. The van der Waals surface area contributed by atoms with E-state index in [1.54, 1.807) is 0 Å². The van der Waals surface area contributed by atoms with Gasteiger partial charge in [-0.05, 0) is 13.3 Å². The van der Waals surface area contributed by atoms with E-state index in [0.717, 1.165) is 13.1 Å². The molecule has 3 heteroatoms. The molecule has 2 unspecified atom stereocenters. The highest BCUT2D eigenvalue weighted by molar-refractivity contribution is 4.84. The Morgan fingerprint density at radius 2 is 1.12 bits per heavy atom. The van der Waals surface area contributed by atoms with Crippen molar-refractivity contribution in [3.63, 3.8) is 0 Å². The van der Waals surface area contributed by atoms with Crippen LogP contribution in [0.4, 0.5) is 0 Å². The summed E-state index contributed by atoms with van der Waals surface area (Å²) < 4.78 is 0. The van der Waals surface area contributed by atoms with Gasteiger partial charge < -0.3 is 16.4 Å². The summed E-state index contributed by atoms with van der Waals surface area (Å²) in [5.41, 5.74) is 6.19. The molecule has 0 aromatic carbocycles. The lowest BCUT2D eigenvalue weighted by Crippen LogP contribution is -2.46. The van der Waals surface area contributed by atoms with Gasteiger partial charge in [-0.2, -0.15) is 0 Å². The minimum absolute atomic E-state index is 0.282. The average Bonchev–Trinajstić information content (AvgIpc) is 3.12. The average molecular weight is 354 g/mol. The first-order valence-corrected chi connectivity index (χ1v) is 11.5. The minimum Gasteiger partial charge on any atom is -0.328 e. The van der Waals surface area contributed by atoms with Crippen molar-refractivity contribution in [1.82, 2.24) is 10.6 Å². The van der Waals surface area contributed by atoms with Gasteiger partial charge in [-0.25, -0.2) is 0 Å². The van der Waals surface area contributed by atoms with Gasteiger partial charge in [0.05, 0.1) is 6.17 Å². The number of rotatable bonds is 17. The second-order valence-corrected chi connectivity index (χ2v) is 8.29. The fourth-order valence-electron chi connectivity index (χ4n) is 4.14. The SMILES string of the molecule is CCCCCCCCCCCCCCCCC(C(C)N)C1NCCN1. The van der Waals surface area contributed by atoms with Crippen LogP contribution in [0.3, 0.4) is 0 Å². The summed E-state index contributed by atoms with van der Waals surface area (Å²) in [6, 6.07) is 0.282. The molecular weight excluding hydrogens is 306 g/mol. The van der Waals surface area contributed by atoms with Crippen molar-refractivity contribution in [2.24, 2.45) is 11.7 Å². The van der Waals surface area contributed by atoms with Crippen LogP contribution >= 0.6 is 0 Å². The first kappa shape index (κ1) is 22.9. The Balaban J connectivity index is 1.83. The molecule has 25 heavy (non-hydrogen) atoms. The Morgan fingerprint density at radius 3 is 1.52 bits per heavy atom. The Labute approximate surface area is 158 Å². The molecule has 0 aromatic rings. The predicted molar refractivity (Wildman–Crippen MR) is 112 cm³/mol. The van der Waals surface area contributed by atoms with Crippen molar-refractivity contribution in [3.05, 3.63) is 0 Å². The molecule has 150 valence electrons. The van der Waals surface area contributed by atoms with Gasteiger partial charge in [0.2, 0.25) is 0 Å². The van der Waals surface area contributed by atoms with E-state index in [-0.39, 0.29) is 6.04 Å². The van der Waals surface area contributed by atoms with Crippen LogP contribution in [-0.2, 0) is 0 Å². The zero-order valence-corrected chi connectivity index (χ0v) is 17.3. The van der Waals surface area contributed by atoms with E-state index < -0.39 is 0 Å². The van der Waals surface area contributed by atoms with Crippen LogP contribution in [-0.4, -0.2) is 25.3 Å². The monoisotopic (exact) mass is 353 g/mol. The Hall–Kier alpha value is -0.120. The summed E-state index contributed by atoms with van der Waals surface area (Å²) in [7, 11) is 0. The number of hydrogen-bond acceptors (Lipinski definition) is 3. The van der Waals surface area contributed by atoms with Crippen molar-refractivity contribution in [1.29, 1.82) is 0 Å². The molecular formula is C22H47N3. The van der Waals surface area contributed by atoms with Gasteiger partial charge in [-0.15, -0.1) is 0 Å². The summed E-state index contributed by atoms with van der Waals surface area (Å²) in [5.74, 6) is 0.583. The van der Waals surface area contributed by atoms with Crippen LogP contribution in [0, 0.1) is 5.92 Å². The highest BCUT2D eigenvalue weighted by Crippen LogP contribution is 2.19. The standard InChI is InChI=1S/C22H47N3/c1-3-4-5-6-7-8-9-10-11-12-13-14-15-16-17-21(20(2)23)22-24-18-19-25-22/h20-22,24-25H,3-19,23H2,1-2H3. The lowest BCUT2D eigenvalue weighted by atomic mass is 9.91. The molecule has 0 amide bonds. The third-order valence-corrected chi connectivity index (χ3v) is 5.85. The summed E-state index contributed by atoms with van der Waals surface area (Å²) in [6.45, 7) is 6.64. The Kier molecular flexibility index (Phi) is 14.7. The number of nitrogens with one attached hydrogen (secondary N) is 2. The van der Waals surface area contributed by atoms with E-state index in [4.69, 9.17) is 5.73 Å². The van der Waals surface area contributed by atoms with Crippen LogP contribution < -0.4 is 16.4 Å². The molecule has 1 fully saturated rings. The van der Waals surface area contributed by atoms with E-state index in [9.17, 15) is 0 Å². The van der Waals surface area contributed by atoms with E-state index in [1.165, 1.54) is 96.3 Å². The summed E-state index contributed by atoms with van der Waals surface area (Å²) in [5, 5.41) is 7.09. The van der Waals surface area contributed by atoms with Crippen molar-refractivity contribution in [2.75, 3.05) is 13.1 Å². The molecule has 2 atom stereocenters. The van der Waals surface area contributed by atoms with Gasteiger partial charge in [0, 0.05) is 25.0 Å². The molecule has 1 heterocycles. The van der Waals surface area contributed by atoms with Crippen molar-refractivity contribution < 1.29 is 0 Å². The topological polar surface area (TPSA) is 50.1 Å². The largest absolute Gasteiger partial charge is 0.328 e. The number of hydrogen-bond donors (Lipinski definition) is 3. The minimum atomic E-state index is 0.282. The maximum atomic E-state index is 6.19. The molecule has 3 nitrogen and oxygen atoms in total. The van der Waals surface area contributed by atoms with Crippen LogP contribution in [0.5, 0.6) is 0 Å². The van der Waals surface area contributed by atoms with Gasteiger partial charge >= 0.3 is 0 Å². The lowest BCUT2D eigenvalue weighted by Gasteiger charge is -2.27. The molecule has 1 aliphatic rings. The fraction of sp³-hybridized carbons (Fsp3) is 1.00. The maximum absolute atomic E-state index is 6.19. The van der Waals surface area contributed by atoms with Gasteiger partial charge in [0.15, 0.2) is 0 Å². The third-order valence-electron chi connectivity index (χ3n) is 5.85. The Bertz CT molecular complexity index is 274. The molecule has 0 aliphatic carbocycles. The van der Waals surface area contributed by atoms with Crippen LogP contribution in [0.1, 0.15) is 110 Å². The third kappa shape index (κ3) is 12.0. The normalized spacial score (nSPS) is 17.9. The molecule has 0 saturated carbocycles. The van der Waals surface area contributed by atoms with Gasteiger partial charge in [-0.3, -0.25) is 0 Å². The van der Waals surface area contributed by atoms with Crippen molar-refractivity contribution in [3.8, 4) is 0 Å². The second kappa shape index (κ2) is 16.1. The van der Waals surface area contributed by atoms with Crippen LogP contribution in [0.2, 0.25) is 0 Å². The van der Waals surface area contributed by atoms with Crippen LogP contribution in [0.25, 0.3) is 0 Å². The first-order valence-electron chi connectivity index (χ1n) is 11.5. The van der Waals surface area contributed by atoms with E-state index >= 15 is 0 Å². The summed E-state index contributed by atoms with van der Waals surface area (Å²) in [4.78, 5) is 0. The van der Waals surface area contributed by atoms with Crippen molar-refractivity contribution in [2.45, 2.75) is 122 Å². The maximum Gasteiger partial charge on any atom is 0.0616 e.